The molecule has 2 aromatic rings. The van der Waals surface area contributed by atoms with E-state index >= 15 is 0 Å². The highest BCUT2D eigenvalue weighted by atomic mass is 16.3. The van der Waals surface area contributed by atoms with E-state index in [9.17, 15) is 0 Å². The molecule has 0 saturated carbocycles. The maximum absolute atomic E-state index is 5.62. The predicted octanol–water partition coefficient (Wildman–Crippen LogP) is 2.63. The van der Waals surface area contributed by atoms with Crippen LogP contribution in [-0.4, -0.2) is 0 Å². The largest absolute Gasteiger partial charge is 0.461 e. The van der Waals surface area contributed by atoms with Crippen LogP contribution < -0.4 is 5.73 Å². The smallest absolute Gasteiger partial charge is 0.136 e. The lowest BCUT2D eigenvalue weighted by molar-refractivity contribution is 0.575. The van der Waals surface area contributed by atoms with Crippen molar-refractivity contribution in [3.63, 3.8) is 0 Å². The van der Waals surface area contributed by atoms with Crippen LogP contribution in [0, 0.1) is 13.8 Å². The van der Waals surface area contributed by atoms with Gasteiger partial charge in [-0.3, -0.25) is 0 Å². The number of anilines is 1. The Morgan fingerprint density at radius 3 is 2.75 bits per heavy atom. The number of furan rings is 1. The summed E-state index contributed by atoms with van der Waals surface area (Å²) >= 11 is 0. The fourth-order valence-corrected chi connectivity index (χ4v) is 1.36. The molecule has 0 unspecified atom stereocenters. The molecule has 12 heavy (non-hydrogen) atoms. The van der Waals surface area contributed by atoms with Gasteiger partial charge in [-0.2, -0.15) is 0 Å². The molecule has 2 heteroatoms. The molecule has 62 valence electrons. The molecule has 0 radical (unpaired) electrons. The van der Waals surface area contributed by atoms with Crippen molar-refractivity contribution in [2.45, 2.75) is 13.8 Å². The number of rotatable bonds is 0. The van der Waals surface area contributed by atoms with Crippen molar-refractivity contribution in [2.75, 3.05) is 5.73 Å². The topological polar surface area (TPSA) is 39.2 Å². The zero-order valence-corrected chi connectivity index (χ0v) is 7.22. The second-order valence-electron chi connectivity index (χ2n) is 3.04. The Morgan fingerprint density at radius 1 is 1.25 bits per heavy atom. The average molecular weight is 161 g/mol. The van der Waals surface area contributed by atoms with Gasteiger partial charge in [-0.15, -0.1) is 0 Å². The maximum atomic E-state index is 5.62. The highest BCUT2D eigenvalue weighted by molar-refractivity contribution is 5.84. The third kappa shape index (κ3) is 0.881. The molecule has 2 nitrogen and oxygen atoms in total. The minimum Gasteiger partial charge on any atom is -0.461 e. The predicted molar refractivity (Wildman–Crippen MR) is 50.1 cm³/mol. The van der Waals surface area contributed by atoms with Crippen molar-refractivity contribution in [2.24, 2.45) is 0 Å². The molecule has 2 rings (SSSR count). The summed E-state index contributed by atoms with van der Waals surface area (Å²) in [6, 6.07) is 5.75. The maximum Gasteiger partial charge on any atom is 0.136 e. The van der Waals surface area contributed by atoms with Crippen LogP contribution >= 0.6 is 0 Å². The van der Waals surface area contributed by atoms with Crippen molar-refractivity contribution in [1.29, 1.82) is 0 Å². The van der Waals surface area contributed by atoms with Gasteiger partial charge >= 0.3 is 0 Å². The van der Waals surface area contributed by atoms with E-state index in [0.717, 1.165) is 22.4 Å². The minimum atomic E-state index is 0.747. The number of nitrogens with two attached hydrogens (primary N) is 1. The molecular weight excluding hydrogens is 150 g/mol. The second kappa shape index (κ2) is 2.27. The lowest BCUT2D eigenvalue weighted by atomic mass is 10.1. The van der Waals surface area contributed by atoms with Crippen LogP contribution in [0.15, 0.2) is 22.6 Å². The van der Waals surface area contributed by atoms with Crippen LogP contribution in [0.1, 0.15) is 11.3 Å². The summed E-state index contributed by atoms with van der Waals surface area (Å²) in [6.45, 7) is 4.02. The number of hydrogen-bond acceptors (Lipinski definition) is 2. The number of aryl methyl sites for hydroxylation is 2. The van der Waals surface area contributed by atoms with Gasteiger partial charge in [0.05, 0.1) is 0 Å². The normalized spacial score (nSPS) is 10.8. The van der Waals surface area contributed by atoms with E-state index in [0.29, 0.717) is 0 Å². The first kappa shape index (κ1) is 7.22. The van der Waals surface area contributed by atoms with E-state index in [2.05, 4.69) is 6.92 Å². The average Bonchev–Trinajstić information content (AvgIpc) is 2.28. The first-order valence-corrected chi connectivity index (χ1v) is 3.93. The molecule has 2 N–H and O–H groups in total. The second-order valence-corrected chi connectivity index (χ2v) is 3.04. The van der Waals surface area contributed by atoms with E-state index in [4.69, 9.17) is 10.2 Å². The third-order valence-electron chi connectivity index (χ3n) is 2.20. The first-order valence-electron chi connectivity index (χ1n) is 3.93. The lowest BCUT2D eigenvalue weighted by Gasteiger charge is -1.91. The van der Waals surface area contributed by atoms with Gasteiger partial charge in [-0.1, -0.05) is 0 Å². The summed E-state index contributed by atoms with van der Waals surface area (Å²) < 4.78 is 5.50. The van der Waals surface area contributed by atoms with Gasteiger partial charge in [0.1, 0.15) is 11.3 Å². The van der Waals surface area contributed by atoms with Gasteiger partial charge in [0.15, 0.2) is 0 Å². The zero-order chi connectivity index (χ0) is 8.72. The van der Waals surface area contributed by atoms with Crippen LogP contribution in [0.3, 0.4) is 0 Å². The Morgan fingerprint density at radius 2 is 2.00 bits per heavy atom. The van der Waals surface area contributed by atoms with Crippen molar-refractivity contribution in [1.82, 2.24) is 0 Å². The van der Waals surface area contributed by atoms with Gasteiger partial charge in [-0.25, -0.2) is 0 Å². The third-order valence-corrected chi connectivity index (χ3v) is 2.20. The molecule has 0 aliphatic rings. The number of fused-ring (bicyclic) bond motifs is 1. The first-order chi connectivity index (χ1) is 5.68. The standard InChI is InChI=1S/C10H11NO/c1-6-7(2)12-10-5-8(11)3-4-9(6)10/h3-5H,11H2,1-2H3. The summed E-state index contributed by atoms with van der Waals surface area (Å²) in [5.41, 5.74) is 8.45. The van der Waals surface area contributed by atoms with Crippen molar-refractivity contribution >= 4 is 16.7 Å². The fraction of sp³-hybridized carbons (Fsp3) is 0.200. The molecule has 1 aromatic carbocycles. The Balaban J connectivity index is 2.87. The van der Waals surface area contributed by atoms with E-state index in [-0.39, 0.29) is 0 Å². The molecular formula is C10H11NO. The fourth-order valence-electron chi connectivity index (χ4n) is 1.36. The molecule has 0 atom stereocenters. The summed E-state index contributed by atoms with van der Waals surface area (Å²) in [5.74, 6) is 0.968. The molecule has 1 heterocycles. The molecule has 0 amide bonds. The number of nitrogen functional groups attached to an aromatic ring is 1. The summed E-state index contributed by atoms with van der Waals surface area (Å²) in [5, 5.41) is 1.15. The van der Waals surface area contributed by atoms with Crippen LogP contribution in [0.2, 0.25) is 0 Å². The van der Waals surface area contributed by atoms with Gasteiger partial charge in [-0.05, 0) is 31.5 Å². The SMILES string of the molecule is Cc1oc2cc(N)ccc2c1C. The van der Waals surface area contributed by atoms with Crippen LogP contribution in [0.5, 0.6) is 0 Å². The molecule has 1 aromatic heterocycles. The molecule has 0 bridgehead atoms. The van der Waals surface area contributed by atoms with E-state index in [1.54, 1.807) is 0 Å². The summed E-state index contributed by atoms with van der Waals surface area (Å²) in [4.78, 5) is 0. The van der Waals surface area contributed by atoms with Crippen LogP contribution in [0.25, 0.3) is 11.0 Å². The molecule has 0 fully saturated rings. The minimum absolute atomic E-state index is 0.747. The van der Waals surface area contributed by atoms with Gasteiger partial charge in [0.25, 0.3) is 0 Å². The van der Waals surface area contributed by atoms with E-state index < -0.39 is 0 Å². The van der Waals surface area contributed by atoms with Gasteiger partial charge < -0.3 is 10.2 Å². The Kier molecular flexibility index (Phi) is 1.37. The van der Waals surface area contributed by atoms with Crippen molar-refractivity contribution in [3.8, 4) is 0 Å². The van der Waals surface area contributed by atoms with Crippen LogP contribution in [-0.2, 0) is 0 Å². The van der Waals surface area contributed by atoms with Gasteiger partial charge in [0.2, 0.25) is 0 Å². The molecule has 0 aliphatic heterocycles. The molecule has 0 aliphatic carbocycles. The summed E-state index contributed by atoms with van der Waals surface area (Å²) in [6.07, 6.45) is 0. The van der Waals surface area contributed by atoms with Gasteiger partial charge in [0, 0.05) is 17.1 Å². The lowest BCUT2D eigenvalue weighted by Crippen LogP contribution is -1.81. The monoisotopic (exact) mass is 161 g/mol. The van der Waals surface area contributed by atoms with Crippen molar-refractivity contribution in [3.05, 3.63) is 29.5 Å². The zero-order valence-electron chi connectivity index (χ0n) is 7.22. The number of hydrogen-bond donors (Lipinski definition) is 1. The quantitative estimate of drug-likeness (QED) is 0.603. The Bertz CT molecular complexity index is 429. The van der Waals surface area contributed by atoms with Crippen LogP contribution in [0.4, 0.5) is 5.69 Å². The molecule has 0 saturated heterocycles. The van der Waals surface area contributed by atoms with E-state index in [1.807, 2.05) is 25.1 Å². The Hall–Kier alpha value is -1.44. The highest BCUT2D eigenvalue weighted by Crippen LogP contribution is 2.25. The highest BCUT2D eigenvalue weighted by Gasteiger charge is 2.05. The summed E-state index contributed by atoms with van der Waals surface area (Å²) in [7, 11) is 0. The molecule has 0 spiro atoms. The Labute approximate surface area is 71.0 Å². The number of benzene rings is 1. The van der Waals surface area contributed by atoms with Crippen molar-refractivity contribution < 1.29 is 4.42 Å². The van der Waals surface area contributed by atoms with E-state index in [1.165, 1.54) is 5.56 Å².